The summed E-state index contributed by atoms with van der Waals surface area (Å²) in [7, 11) is 0. The van der Waals surface area contributed by atoms with Crippen molar-refractivity contribution in [3.63, 3.8) is 0 Å². The van der Waals surface area contributed by atoms with Gasteiger partial charge in [0.15, 0.2) is 0 Å². The summed E-state index contributed by atoms with van der Waals surface area (Å²) in [5.74, 6) is 0. The quantitative estimate of drug-likeness (QED) is 0.0429. The third-order valence-corrected chi connectivity index (χ3v) is 8.62. The van der Waals surface area contributed by atoms with Crippen LogP contribution in [0.4, 0.5) is 0 Å². The van der Waals surface area contributed by atoms with Crippen LogP contribution in [-0.4, -0.2) is 57.9 Å². The standard InChI is InChI=1S/2C18H39NO2/c2*1-2-3-4-5-6-7-8-9-10-11-12-13-14-15-18(21)17(19)16-20/h2*17-18,20-21H,2-16,19H2,1H3/t17-,18+;/m0./s1. The molecule has 256 valence electrons. The van der Waals surface area contributed by atoms with Crippen molar-refractivity contribution in [1.82, 2.24) is 0 Å². The lowest BCUT2D eigenvalue weighted by Gasteiger charge is -2.15. The van der Waals surface area contributed by atoms with E-state index in [0.717, 1.165) is 25.7 Å². The summed E-state index contributed by atoms with van der Waals surface area (Å²) in [5, 5.41) is 36.9. The highest BCUT2D eigenvalue weighted by Crippen LogP contribution is 2.15. The van der Waals surface area contributed by atoms with Gasteiger partial charge in [-0.25, -0.2) is 0 Å². The molecular weight excluding hydrogens is 524 g/mol. The molecule has 6 nitrogen and oxygen atoms in total. The summed E-state index contributed by atoms with van der Waals surface area (Å²) in [4.78, 5) is 0. The molecule has 0 aromatic rings. The Balaban J connectivity index is 0. The first-order valence-electron chi connectivity index (χ1n) is 18.5. The van der Waals surface area contributed by atoms with Crippen molar-refractivity contribution < 1.29 is 20.4 Å². The lowest BCUT2D eigenvalue weighted by Crippen LogP contribution is -2.37. The number of hydrogen-bond donors (Lipinski definition) is 6. The van der Waals surface area contributed by atoms with E-state index in [1.807, 2.05) is 0 Å². The number of aliphatic hydroxyl groups is 4. The number of rotatable bonds is 32. The van der Waals surface area contributed by atoms with Crippen LogP contribution in [0, 0.1) is 0 Å². The Morgan fingerprint density at radius 2 is 0.548 bits per heavy atom. The van der Waals surface area contributed by atoms with E-state index in [1.165, 1.54) is 154 Å². The number of unbranched alkanes of at least 4 members (excludes halogenated alkanes) is 24. The SMILES string of the molecule is CCCCCCCCCCCCCCCC(O)C(N)CO.CCCCCCCCCCCCCCC[C@@H](O)[C@@H](N)CO. The molecule has 0 aromatic heterocycles. The fraction of sp³-hybridized carbons (Fsp3) is 1.00. The fourth-order valence-electron chi connectivity index (χ4n) is 5.41. The van der Waals surface area contributed by atoms with Crippen molar-refractivity contribution in [3.8, 4) is 0 Å². The minimum absolute atomic E-state index is 0.125. The Morgan fingerprint density at radius 1 is 0.357 bits per heavy atom. The molecule has 8 N–H and O–H groups in total. The van der Waals surface area contributed by atoms with Gasteiger partial charge in [-0.05, 0) is 12.8 Å². The van der Waals surface area contributed by atoms with E-state index >= 15 is 0 Å². The normalized spacial score (nSPS) is 14.3. The van der Waals surface area contributed by atoms with Crippen molar-refractivity contribution >= 4 is 0 Å². The first kappa shape index (κ1) is 43.9. The molecule has 0 spiro atoms. The predicted molar refractivity (Wildman–Crippen MR) is 183 cm³/mol. The van der Waals surface area contributed by atoms with E-state index in [0.29, 0.717) is 0 Å². The van der Waals surface area contributed by atoms with Gasteiger partial charge in [-0.1, -0.05) is 181 Å². The molecule has 6 heteroatoms. The summed E-state index contributed by atoms with van der Waals surface area (Å²) in [6, 6.07) is -0.940. The Hall–Kier alpha value is -0.240. The van der Waals surface area contributed by atoms with E-state index in [4.69, 9.17) is 21.7 Å². The molecule has 0 fully saturated rings. The largest absolute Gasteiger partial charge is 0.395 e. The predicted octanol–water partition coefficient (Wildman–Crippen LogP) is 8.30. The average Bonchev–Trinajstić information content (AvgIpc) is 3.00. The van der Waals surface area contributed by atoms with Crippen LogP contribution >= 0.6 is 0 Å². The van der Waals surface area contributed by atoms with E-state index in [-0.39, 0.29) is 13.2 Å². The molecule has 0 saturated heterocycles. The van der Waals surface area contributed by atoms with Crippen molar-refractivity contribution in [2.75, 3.05) is 13.2 Å². The Bertz CT molecular complexity index is 441. The van der Waals surface area contributed by atoms with Crippen LogP contribution in [-0.2, 0) is 0 Å². The molecule has 42 heavy (non-hydrogen) atoms. The topological polar surface area (TPSA) is 133 Å². The molecule has 2 unspecified atom stereocenters. The highest BCUT2D eigenvalue weighted by molar-refractivity contribution is 4.71. The molecule has 0 aromatic carbocycles. The minimum Gasteiger partial charge on any atom is -0.395 e. The molecule has 0 saturated carbocycles. The summed E-state index contributed by atoms with van der Waals surface area (Å²) in [6.45, 7) is 4.28. The maximum Gasteiger partial charge on any atom is 0.0713 e. The molecule has 0 heterocycles. The van der Waals surface area contributed by atoms with Crippen LogP contribution in [0.1, 0.15) is 194 Å². The maximum absolute atomic E-state index is 9.61. The van der Waals surface area contributed by atoms with Crippen molar-refractivity contribution in [1.29, 1.82) is 0 Å². The second-order valence-corrected chi connectivity index (χ2v) is 12.9. The molecule has 0 aliphatic carbocycles. The van der Waals surface area contributed by atoms with Crippen LogP contribution in [0.3, 0.4) is 0 Å². The lowest BCUT2D eigenvalue weighted by atomic mass is 10.0. The second kappa shape index (κ2) is 36.9. The highest BCUT2D eigenvalue weighted by atomic mass is 16.3. The Labute approximate surface area is 262 Å². The van der Waals surface area contributed by atoms with Gasteiger partial charge in [0.2, 0.25) is 0 Å². The molecular formula is C36H78N2O4. The van der Waals surface area contributed by atoms with Crippen LogP contribution in [0.15, 0.2) is 0 Å². The summed E-state index contributed by atoms with van der Waals surface area (Å²) in [5.41, 5.74) is 11.1. The van der Waals surface area contributed by atoms with Gasteiger partial charge in [0, 0.05) is 0 Å². The van der Waals surface area contributed by atoms with E-state index in [9.17, 15) is 10.2 Å². The van der Waals surface area contributed by atoms with Gasteiger partial charge < -0.3 is 31.9 Å². The Morgan fingerprint density at radius 3 is 0.738 bits per heavy atom. The zero-order chi connectivity index (χ0) is 31.5. The third kappa shape index (κ3) is 34.3. The van der Waals surface area contributed by atoms with Gasteiger partial charge in [0.25, 0.3) is 0 Å². The first-order valence-corrected chi connectivity index (χ1v) is 18.5. The zero-order valence-corrected chi connectivity index (χ0v) is 28.5. The summed E-state index contributed by atoms with van der Waals surface area (Å²) < 4.78 is 0. The van der Waals surface area contributed by atoms with Crippen molar-refractivity contribution in [3.05, 3.63) is 0 Å². The van der Waals surface area contributed by atoms with Crippen LogP contribution in [0.25, 0.3) is 0 Å². The van der Waals surface area contributed by atoms with Gasteiger partial charge in [-0.15, -0.1) is 0 Å². The number of hydrogen-bond acceptors (Lipinski definition) is 6. The van der Waals surface area contributed by atoms with Gasteiger partial charge in [0.05, 0.1) is 37.5 Å². The van der Waals surface area contributed by atoms with E-state index < -0.39 is 24.3 Å². The van der Waals surface area contributed by atoms with Crippen molar-refractivity contribution in [2.24, 2.45) is 11.5 Å². The number of nitrogens with two attached hydrogens (primary N) is 2. The van der Waals surface area contributed by atoms with Crippen molar-refractivity contribution in [2.45, 2.75) is 218 Å². The number of aliphatic hydroxyl groups excluding tert-OH is 4. The maximum atomic E-state index is 9.61. The zero-order valence-electron chi connectivity index (χ0n) is 28.5. The molecule has 0 radical (unpaired) electrons. The Kier molecular flexibility index (Phi) is 38.6. The van der Waals surface area contributed by atoms with Crippen LogP contribution in [0.5, 0.6) is 0 Å². The molecule has 4 atom stereocenters. The minimum atomic E-state index is -0.539. The second-order valence-electron chi connectivity index (χ2n) is 12.9. The van der Waals surface area contributed by atoms with Gasteiger partial charge >= 0.3 is 0 Å². The van der Waals surface area contributed by atoms with Gasteiger partial charge in [-0.2, -0.15) is 0 Å². The monoisotopic (exact) mass is 603 g/mol. The van der Waals surface area contributed by atoms with E-state index in [1.54, 1.807) is 0 Å². The van der Waals surface area contributed by atoms with Crippen LogP contribution < -0.4 is 11.5 Å². The first-order chi connectivity index (χ1) is 20.4. The molecule has 0 rings (SSSR count). The van der Waals surface area contributed by atoms with Crippen LogP contribution in [0.2, 0.25) is 0 Å². The van der Waals surface area contributed by atoms with Gasteiger partial charge in [0.1, 0.15) is 0 Å². The van der Waals surface area contributed by atoms with E-state index in [2.05, 4.69) is 13.8 Å². The summed E-state index contributed by atoms with van der Waals surface area (Å²) in [6.07, 6.45) is 35.0. The average molecular weight is 603 g/mol. The summed E-state index contributed by atoms with van der Waals surface area (Å²) >= 11 is 0. The molecule has 0 aliphatic heterocycles. The molecule has 0 bridgehead atoms. The highest BCUT2D eigenvalue weighted by Gasteiger charge is 2.13. The van der Waals surface area contributed by atoms with Gasteiger partial charge in [-0.3, -0.25) is 0 Å². The fourth-order valence-corrected chi connectivity index (χ4v) is 5.41. The lowest BCUT2D eigenvalue weighted by molar-refractivity contribution is 0.0986. The molecule has 0 amide bonds. The third-order valence-electron chi connectivity index (χ3n) is 8.62. The smallest absolute Gasteiger partial charge is 0.0713 e. The molecule has 0 aliphatic rings.